The first kappa shape index (κ1) is 15.0. The van der Waals surface area contributed by atoms with Crippen LogP contribution < -0.4 is 0 Å². The molecule has 0 unspecified atom stereocenters. The Morgan fingerprint density at radius 3 is 2.67 bits per heavy atom. The normalized spacial score (nSPS) is 10.4. The molecule has 0 spiro atoms. The van der Waals surface area contributed by atoms with Crippen LogP contribution in [0.5, 0.6) is 5.75 Å². The average Bonchev–Trinajstić information content (AvgIpc) is 2.33. The second-order valence-corrected chi connectivity index (χ2v) is 4.95. The fourth-order valence-electron chi connectivity index (χ4n) is 1.64. The molecule has 4 nitrogen and oxygen atoms in total. The number of rotatable bonds is 6. The summed E-state index contributed by atoms with van der Waals surface area (Å²) in [5, 5.41) is 18.7. The standard InChI is InChI=1S/C13H18BrNO3/c1-2-3-6-15(7-8-16)13(18)11-5-4-10(14)9-12(11)17/h4-5,9,16-17H,2-3,6-8H2,1H3. The Kier molecular flexibility index (Phi) is 6.15. The highest BCUT2D eigenvalue weighted by Gasteiger charge is 2.18. The van der Waals surface area contributed by atoms with E-state index in [1.165, 1.54) is 6.07 Å². The highest BCUT2D eigenvalue weighted by Crippen LogP contribution is 2.23. The van der Waals surface area contributed by atoms with Gasteiger partial charge in [-0.2, -0.15) is 0 Å². The molecule has 0 bridgehead atoms. The molecule has 1 aromatic rings. The molecule has 1 rings (SSSR count). The van der Waals surface area contributed by atoms with Gasteiger partial charge in [0.2, 0.25) is 0 Å². The number of nitrogens with zero attached hydrogens (tertiary/aromatic N) is 1. The summed E-state index contributed by atoms with van der Waals surface area (Å²) in [6, 6.07) is 4.78. The molecule has 0 saturated heterocycles. The van der Waals surface area contributed by atoms with Crippen molar-refractivity contribution in [3.8, 4) is 5.75 Å². The number of phenolic OH excluding ortho intramolecular Hbond substituents is 1. The molecule has 0 fully saturated rings. The maximum Gasteiger partial charge on any atom is 0.257 e. The van der Waals surface area contributed by atoms with Gasteiger partial charge in [-0.1, -0.05) is 29.3 Å². The lowest BCUT2D eigenvalue weighted by atomic mass is 10.1. The van der Waals surface area contributed by atoms with Crippen LogP contribution in [-0.4, -0.2) is 40.7 Å². The summed E-state index contributed by atoms with van der Waals surface area (Å²) >= 11 is 3.23. The molecular formula is C13H18BrNO3. The molecule has 0 aromatic heterocycles. The van der Waals surface area contributed by atoms with Gasteiger partial charge in [0, 0.05) is 17.6 Å². The van der Waals surface area contributed by atoms with E-state index < -0.39 is 0 Å². The Labute approximate surface area is 115 Å². The van der Waals surface area contributed by atoms with Crippen LogP contribution in [0.4, 0.5) is 0 Å². The summed E-state index contributed by atoms with van der Waals surface area (Å²) in [6.45, 7) is 2.84. The van der Waals surface area contributed by atoms with Crippen molar-refractivity contribution in [2.24, 2.45) is 0 Å². The Balaban J connectivity index is 2.87. The van der Waals surface area contributed by atoms with Gasteiger partial charge in [0.25, 0.3) is 5.91 Å². The van der Waals surface area contributed by atoms with Crippen LogP contribution in [0.2, 0.25) is 0 Å². The summed E-state index contributed by atoms with van der Waals surface area (Å²) in [5.74, 6) is -0.295. The fraction of sp³-hybridized carbons (Fsp3) is 0.462. The van der Waals surface area contributed by atoms with E-state index in [1.54, 1.807) is 17.0 Å². The number of amides is 1. The number of aliphatic hydroxyl groups excluding tert-OH is 1. The second-order valence-electron chi connectivity index (χ2n) is 4.03. The number of halogens is 1. The molecule has 0 radical (unpaired) electrons. The van der Waals surface area contributed by atoms with Crippen molar-refractivity contribution in [3.05, 3.63) is 28.2 Å². The lowest BCUT2D eigenvalue weighted by Gasteiger charge is -2.22. The summed E-state index contributed by atoms with van der Waals surface area (Å²) in [7, 11) is 0. The molecular weight excluding hydrogens is 298 g/mol. The molecule has 100 valence electrons. The Bertz CT molecular complexity index is 409. The number of phenols is 1. The van der Waals surface area contributed by atoms with Crippen molar-refractivity contribution in [1.29, 1.82) is 0 Å². The molecule has 2 N–H and O–H groups in total. The van der Waals surface area contributed by atoms with E-state index in [9.17, 15) is 9.90 Å². The molecule has 0 atom stereocenters. The molecule has 1 amide bonds. The number of carbonyl (C=O) groups is 1. The van der Waals surface area contributed by atoms with Crippen molar-refractivity contribution in [2.45, 2.75) is 19.8 Å². The maximum atomic E-state index is 12.2. The van der Waals surface area contributed by atoms with Gasteiger partial charge in [0.15, 0.2) is 0 Å². The van der Waals surface area contributed by atoms with Crippen LogP contribution in [0.15, 0.2) is 22.7 Å². The van der Waals surface area contributed by atoms with E-state index in [0.29, 0.717) is 6.54 Å². The van der Waals surface area contributed by atoms with Crippen molar-refractivity contribution in [2.75, 3.05) is 19.7 Å². The second kappa shape index (κ2) is 7.38. The summed E-state index contributed by atoms with van der Waals surface area (Å²) in [5.41, 5.74) is 0.266. The van der Waals surface area contributed by atoms with Crippen LogP contribution >= 0.6 is 15.9 Å². The van der Waals surface area contributed by atoms with Crippen LogP contribution in [0.1, 0.15) is 30.1 Å². The van der Waals surface area contributed by atoms with Gasteiger partial charge in [-0.3, -0.25) is 4.79 Å². The average molecular weight is 316 g/mol. The zero-order valence-corrected chi connectivity index (χ0v) is 12.0. The van der Waals surface area contributed by atoms with Crippen molar-refractivity contribution >= 4 is 21.8 Å². The van der Waals surface area contributed by atoms with E-state index in [2.05, 4.69) is 15.9 Å². The molecule has 5 heteroatoms. The highest BCUT2D eigenvalue weighted by atomic mass is 79.9. The number of aromatic hydroxyl groups is 1. The topological polar surface area (TPSA) is 60.8 Å². The zero-order valence-electron chi connectivity index (χ0n) is 10.4. The number of hydrogen-bond acceptors (Lipinski definition) is 3. The SMILES string of the molecule is CCCCN(CCO)C(=O)c1ccc(Br)cc1O. The zero-order chi connectivity index (χ0) is 13.5. The van der Waals surface area contributed by atoms with Gasteiger partial charge in [0.1, 0.15) is 5.75 Å². The quantitative estimate of drug-likeness (QED) is 0.847. The van der Waals surface area contributed by atoms with Gasteiger partial charge in [-0.15, -0.1) is 0 Å². The smallest absolute Gasteiger partial charge is 0.257 e. The fourth-order valence-corrected chi connectivity index (χ4v) is 1.99. The summed E-state index contributed by atoms with van der Waals surface area (Å²) < 4.78 is 0.721. The van der Waals surface area contributed by atoms with E-state index in [-0.39, 0.29) is 30.4 Å². The molecule has 0 aliphatic rings. The Hall–Kier alpha value is -1.07. The van der Waals surface area contributed by atoms with Gasteiger partial charge >= 0.3 is 0 Å². The van der Waals surface area contributed by atoms with Crippen molar-refractivity contribution in [1.82, 2.24) is 4.90 Å². The van der Waals surface area contributed by atoms with Crippen LogP contribution in [-0.2, 0) is 0 Å². The van der Waals surface area contributed by atoms with E-state index in [0.717, 1.165) is 17.3 Å². The van der Waals surface area contributed by atoms with Gasteiger partial charge in [0.05, 0.1) is 12.2 Å². The van der Waals surface area contributed by atoms with E-state index in [4.69, 9.17) is 5.11 Å². The van der Waals surface area contributed by atoms with Crippen LogP contribution in [0.25, 0.3) is 0 Å². The number of aliphatic hydroxyl groups is 1. The van der Waals surface area contributed by atoms with E-state index in [1.807, 2.05) is 6.92 Å². The Morgan fingerprint density at radius 2 is 2.11 bits per heavy atom. The third-order valence-electron chi connectivity index (χ3n) is 2.63. The molecule has 18 heavy (non-hydrogen) atoms. The Morgan fingerprint density at radius 1 is 1.39 bits per heavy atom. The summed E-state index contributed by atoms with van der Waals surface area (Å²) in [4.78, 5) is 13.8. The number of unbranched alkanes of at least 4 members (excludes halogenated alkanes) is 1. The first-order valence-corrected chi connectivity index (χ1v) is 6.78. The number of carbonyl (C=O) groups excluding carboxylic acids is 1. The third kappa shape index (κ3) is 3.99. The molecule has 0 aliphatic carbocycles. The minimum Gasteiger partial charge on any atom is -0.507 e. The minimum absolute atomic E-state index is 0.0474. The lowest BCUT2D eigenvalue weighted by molar-refractivity contribution is 0.0716. The lowest BCUT2D eigenvalue weighted by Crippen LogP contribution is -2.34. The van der Waals surface area contributed by atoms with Gasteiger partial charge < -0.3 is 15.1 Å². The number of hydrogen-bond donors (Lipinski definition) is 2. The highest BCUT2D eigenvalue weighted by molar-refractivity contribution is 9.10. The third-order valence-corrected chi connectivity index (χ3v) is 3.12. The summed E-state index contributed by atoms with van der Waals surface area (Å²) in [6.07, 6.45) is 1.85. The van der Waals surface area contributed by atoms with Crippen molar-refractivity contribution in [3.63, 3.8) is 0 Å². The van der Waals surface area contributed by atoms with Crippen LogP contribution in [0, 0.1) is 0 Å². The van der Waals surface area contributed by atoms with Crippen LogP contribution in [0.3, 0.4) is 0 Å². The predicted octanol–water partition coefficient (Wildman–Crippen LogP) is 2.39. The van der Waals surface area contributed by atoms with Gasteiger partial charge in [-0.05, 0) is 24.6 Å². The first-order valence-electron chi connectivity index (χ1n) is 5.98. The molecule has 0 saturated carbocycles. The molecule has 0 heterocycles. The molecule has 1 aromatic carbocycles. The van der Waals surface area contributed by atoms with E-state index >= 15 is 0 Å². The monoisotopic (exact) mass is 315 g/mol. The first-order chi connectivity index (χ1) is 8.60. The molecule has 0 aliphatic heterocycles. The van der Waals surface area contributed by atoms with Gasteiger partial charge in [-0.25, -0.2) is 0 Å². The van der Waals surface area contributed by atoms with Crippen molar-refractivity contribution < 1.29 is 15.0 Å². The maximum absolute atomic E-state index is 12.2. The minimum atomic E-state index is -0.248. The predicted molar refractivity (Wildman–Crippen MR) is 73.7 cm³/mol. The largest absolute Gasteiger partial charge is 0.507 e. The number of benzene rings is 1.